The number of ether oxygens (including phenoxy) is 1. The highest BCUT2D eigenvalue weighted by molar-refractivity contribution is 7.89. The van der Waals surface area contributed by atoms with Gasteiger partial charge in [0.25, 0.3) is 5.56 Å². The van der Waals surface area contributed by atoms with Crippen molar-refractivity contribution in [1.29, 1.82) is 0 Å². The van der Waals surface area contributed by atoms with Crippen LogP contribution >= 0.6 is 0 Å². The van der Waals surface area contributed by atoms with Crippen molar-refractivity contribution < 1.29 is 17.9 Å². The molecule has 4 rings (SSSR count). The summed E-state index contributed by atoms with van der Waals surface area (Å²) in [6.45, 7) is 1.32. The Morgan fingerprint density at radius 3 is 2.41 bits per heavy atom. The number of H-pyrrole nitrogens is 1. The summed E-state index contributed by atoms with van der Waals surface area (Å²) >= 11 is 0. The number of aromatic amines is 1. The van der Waals surface area contributed by atoms with E-state index in [9.17, 15) is 18.0 Å². The monoisotopic (exact) mass is 518 g/mol. The number of sulfonamides is 1. The van der Waals surface area contributed by atoms with Gasteiger partial charge in [0.1, 0.15) is 11.6 Å². The van der Waals surface area contributed by atoms with E-state index in [1.165, 1.54) is 25.3 Å². The fourth-order valence-corrected chi connectivity index (χ4v) is 5.11. The predicted molar refractivity (Wildman–Crippen MR) is 141 cm³/mol. The van der Waals surface area contributed by atoms with E-state index in [1.807, 2.05) is 18.2 Å². The number of hydrogen-bond donors (Lipinski definition) is 2. The number of hydrogen-bond acceptors (Lipinski definition) is 6. The first kappa shape index (κ1) is 25.8. The van der Waals surface area contributed by atoms with Crippen molar-refractivity contribution in [2.45, 2.75) is 18.4 Å². The zero-order valence-corrected chi connectivity index (χ0v) is 21.2. The highest BCUT2D eigenvalue weighted by Crippen LogP contribution is 2.22. The zero-order valence-electron chi connectivity index (χ0n) is 20.3. The predicted octanol–water partition coefficient (Wildman–Crippen LogP) is 3.58. The van der Waals surface area contributed by atoms with Crippen LogP contribution in [0, 0.1) is 6.92 Å². The molecule has 0 bridgehead atoms. The molecule has 0 fully saturated rings. The zero-order chi connectivity index (χ0) is 26.4. The molecule has 0 aliphatic heterocycles. The number of methoxy groups -OCH3 is 1. The number of anilines is 1. The maximum Gasteiger partial charge on any atom is 0.251 e. The van der Waals surface area contributed by atoms with E-state index in [1.54, 1.807) is 55.5 Å². The van der Waals surface area contributed by atoms with Crippen LogP contribution < -0.4 is 15.6 Å². The van der Waals surface area contributed by atoms with Crippen molar-refractivity contribution >= 4 is 21.6 Å². The van der Waals surface area contributed by atoms with Gasteiger partial charge >= 0.3 is 0 Å². The van der Waals surface area contributed by atoms with Gasteiger partial charge in [-0.1, -0.05) is 42.5 Å². The first-order valence-corrected chi connectivity index (χ1v) is 12.8. The lowest BCUT2D eigenvalue weighted by atomic mass is 10.2. The van der Waals surface area contributed by atoms with Crippen molar-refractivity contribution in [2.75, 3.05) is 19.0 Å². The van der Waals surface area contributed by atoms with Crippen LogP contribution in [0.5, 0.6) is 5.75 Å². The molecule has 1 heterocycles. The molecule has 2 N–H and O–H groups in total. The van der Waals surface area contributed by atoms with E-state index < -0.39 is 22.5 Å². The first-order chi connectivity index (χ1) is 17.7. The lowest BCUT2D eigenvalue weighted by Gasteiger charge is -2.22. The average molecular weight is 519 g/mol. The molecular formula is C27H26N4O5S. The topological polar surface area (TPSA) is 121 Å². The Morgan fingerprint density at radius 1 is 1.00 bits per heavy atom. The van der Waals surface area contributed by atoms with Gasteiger partial charge in [0.15, 0.2) is 0 Å². The molecular weight excluding hydrogens is 492 g/mol. The highest BCUT2D eigenvalue weighted by atomic mass is 32.2. The minimum Gasteiger partial charge on any atom is -0.497 e. The molecule has 9 nitrogen and oxygen atoms in total. The fourth-order valence-electron chi connectivity index (χ4n) is 3.73. The van der Waals surface area contributed by atoms with Crippen molar-refractivity contribution in [1.82, 2.24) is 14.3 Å². The molecule has 0 atom stereocenters. The van der Waals surface area contributed by atoms with Gasteiger partial charge in [-0.05, 0) is 48.9 Å². The van der Waals surface area contributed by atoms with Gasteiger partial charge in [0.2, 0.25) is 15.9 Å². The largest absolute Gasteiger partial charge is 0.497 e. The normalized spacial score (nSPS) is 11.3. The molecule has 0 aliphatic rings. The number of nitrogens with zero attached hydrogens (tertiary/aromatic N) is 2. The van der Waals surface area contributed by atoms with Gasteiger partial charge in [0.05, 0.1) is 18.6 Å². The van der Waals surface area contributed by atoms with E-state index in [2.05, 4.69) is 15.3 Å². The van der Waals surface area contributed by atoms with E-state index in [-0.39, 0.29) is 17.0 Å². The van der Waals surface area contributed by atoms with Gasteiger partial charge in [-0.25, -0.2) is 13.4 Å². The standard InChI is InChI=1S/C27H26N4O5S/c1-19-15-25(32)30-27(28-19)21-9-6-10-22(16-21)29-26(33)18-31(17-20-7-4-3-5-8-20)37(34,35)24-13-11-23(36-2)12-14-24/h3-16H,17-18H2,1-2H3,(H,29,33)(H,28,30,32). The molecule has 190 valence electrons. The lowest BCUT2D eigenvalue weighted by molar-refractivity contribution is -0.116. The van der Waals surface area contributed by atoms with Crippen LogP contribution in [0.15, 0.2) is 94.6 Å². The molecule has 10 heteroatoms. The third kappa shape index (κ3) is 6.49. The van der Waals surface area contributed by atoms with Gasteiger partial charge in [0, 0.05) is 29.6 Å². The second-order valence-electron chi connectivity index (χ2n) is 8.30. The van der Waals surface area contributed by atoms with Crippen molar-refractivity contribution in [3.8, 4) is 17.1 Å². The number of amides is 1. The van der Waals surface area contributed by atoms with E-state index in [0.717, 1.165) is 9.87 Å². The van der Waals surface area contributed by atoms with E-state index >= 15 is 0 Å². The fraction of sp³-hybridized carbons (Fsp3) is 0.148. The summed E-state index contributed by atoms with van der Waals surface area (Å²) in [4.78, 5) is 31.9. The van der Waals surface area contributed by atoms with Crippen LogP contribution in [0.2, 0.25) is 0 Å². The number of carbonyl (C=O) groups is 1. The van der Waals surface area contributed by atoms with Crippen LogP contribution in [0.4, 0.5) is 5.69 Å². The maximum absolute atomic E-state index is 13.5. The Labute approximate surface area is 214 Å². The van der Waals surface area contributed by atoms with E-state index in [0.29, 0.717) is 28.5 Å². The van der Waals surface area contributed by atoms with Gasteiger partial charge in [-0.15, -0.1) is 0 Å². The van der Waals surface area contributed by atoms with Gasteiger partial charge < -0.3 is 15.0 Å². The summed E-state index contributed by atoms with van der Waals surface area (Å²) in [5.41, 5.74) is 2.06. The molecule has 3 aromatic carbocycles. The van der Waals surface area contributed by atoms with Gasteiger partial charge in [-0.3, -0.25) is 9.59 Å². The smallest absolute Gasteiger partial charge is 0.251 e. The molecule has 0 aliphatic carbocycles. The molecule has 37 heavy (non-hydrogen) atoms. The Bertz CT molecular complexity index is 1550. The third-order valence-corrected chi connectivity index (χ3v) is 7.31. The Kier molecular flexibility index (Phi) is 7.80. The summed E-state index contributed by atoms with van der Waals surface area (Å²) in [6, 6.07) is 23.3. The SMILES string of the molecule is COc1ccc(S(=O)(=O)N(CC(=O)Nc2cccc(-c3nc(C)cc(=O)[nH]3)c2)Cc2ccccc2)cc1. The number of carbonyl (C=O) groups excluding carboxylic acids is 1. The molecule has 0 saturated heterocycles. The highest BCUT2D eigenvalue weighted by Gasteiger charge is 2.27. The quantitative estimate of drug-likeness (QED) is 0.349. The number of aryl methyl sites for hydroxylation is 1. The minimum atomic E-state index is -4.01. The molecule has 4 aromatic rings. The number of rotatable bonds is 9. The van der Waals surface area contributed by atoms with Crippen molar-refractivity contribution in [2.24, 2.45) is 0 Å². The van der Waals surface area contributed by atoms with Crippen LogP contribution in [0.3, 0.4) is 0 Å². The van der Waals surface area contributed by atoms with Crippen LogP contribution in [0.25, 0.3) is 11.4 Å². The summed E-state index contributed by atoms with van der Waals surface area (Å²) in [5, 5.41) is 2.75. The molecule has 0 radical (unpaired) electrons. The number of aromatic nitrogens is 2. The van der Waals surface area contributed by atoms with Gasteiger partial charge in [-0.2, -0.15) is 4.31 Å². The summed E-state index contributed by atoms with van der Waals surface area (Å²) in [6.07, 6.45) is 0. The summed E-state index contributed by atoms with van der Waals surface area (Å²) < 4.78 is 33.2. The van der Waals surface area contributed by atoms with Crippen molar-refractivity contribution in [3.05, 3.63) is 107 Å². The Hall–Kier alpha value is -4.28. The summed E-state index contributed by atoms with van der Waals surface area (Å²) in [5.74, 6) is 0.375. The Balaban J connectivity index is 1.58. The Morgan fingerprint density at radius 2 is 1.73 bits per heavy atom. The number of nitrogens with one attached hydrogen (secondary N) is 2. The maximum atomic E-state index is 13.5. The molecule has 1 aromatic heterocycles. The molecule has 0 spiro atoms. The van der Waals surface area contributed by atoms with Crippen LogP contribution in [0.1, 0.15) is 11.3 Å². The van der Waals surface area contributed by atoms with Crippen LogP contribution in [-0.4, -0.2) is 42.3 Å². The summed E-state index contributed by atoms with van der Waals surface area (Å²) in [7, 11) is -2.51. The third-order valence-electron chi connectivity index (χ3n) is 5.51. The van der Waals surface area contributed by atoms with E-state index in [4.69, 9.17) is 4.74 Å². The molecule has 1 amide bonds. The van der Waals surface area contributed by atoms with Crippen molar-refractivity contribution in [3.63, 3.8) is 0 Å². The lowest BCUT2D eigenvalue weighted by Crippen LogP contribution is -2.37. The molecule has 0 unspecified atom stereocenters. The van der Waals surface area contributed by atoms with Crippen LogP contribution in [-0.2, 0) is 21.4 Å². The second-order valence-corrected chi connectivity index (χ2v) is 10.2. The second kappa shape index (κ2) is 11.2. The number of benzene rings is 3. The minimum absolute atomic E-state index is 0.0110. The first-order valence-electron chi connectivity index (χ1n) is 11.4. The molecule has 0 saturated carbocycles. The average Bonchev–Trinajstić information content (AvgIpc) is 2.88.